The highest BCUT2D eigenvalue weighted by molar-refractivity contribution is 5.95. The Bertz CT molecular complexity index is 498. The maximum atomic E-state index is 12.0. The maximum Gasteiger partial charge on any atom is 0.229 e. The van der Waals surface area contributed by atoms with Crippen LogP contribution in [0.2, 0.25) is 0 Å². The number of likely N-dealkylation sites (tertiary alicyclic amines) is 1. The Morgan fingerprint density at radius 1 is 1.20 bits per heavy atom. The van der Waals surface area contributed by atoms with Crippen LogP contribution in [0.15, 0.2) is 6.07 Å². The molecular formula is C14H20N4O2. The molecule has 20 heavy (non-hydrogen) atoms. The molecule has 1 aromatic heterocycles. The van der Waals surface area contributed by atoms with Crippen molar-refractivity contribution in [2.45, 2.75) is 46.1 Å². The third-order valence-corrected chi connectivity index (χ3v) is 3.19. The lowest BCUT2D eigenvalue weighted by Gasteiger charge is -2.18. The van der Waals surface area contributed by atoms with Gasteiger partial charge in [0.25, 0.3) is 0 Å². The summed E-state index contributed by atoms with van der Waals surface area (Å²) in [5.41, 5.74) is 0.820. The largest absolute Gasteiger partial charge is 0.370 e. The number of anilines is 1. The van der Waals surface area contributed by atoms with Gasteiger partial charge in [-0.2, -0.15) is 0 Å². The fraction of sp³-hybridized carbons (Fsp3) is 0.571. The molecule has 1 aliphatic heterocycles. The van der Waals surface area contributed by atoms with Gasteiger partial charge in [-0.25, -0.2) is 9.97 Å². The summed E-state index contributed by atoms with van der Waals surface area (Å²) in [5.74, 6) is 0.986. The fourth-order valence-electron chi connectivity index (χ4n) is 2.25. The number of hydrogen-bond donors (Lipinski definition) is 1. The van der Waals surface area contributed by atoms with Gasteiger partial charge in [-0.15, -0.1) is 0 Å². The van der Waals surface area contributed by atoms with Crippen LogP contribution in [0.3, 0.4) is 0 Å². The van der Waals surface area contributed by atoms with Gasteiger partial charge >= 0.3 is 0 Å². The predicted octanol–water partition coefficient (Wildman–Crippen LogP) is 1.65. The lowest BCUT2D eigenvalue weighted by molar-refractivity contribution is -0.144. The monoisotopic (exact) mass is 276 g/mol. The van der Waals surface area contributed by atoms with Crippen LogP contribution in [0.25, 0.3) is 0 Å². The van der Waals surface area contributed by atoms with E-state index in [1.807, 2.05) is 19.9 Å². The SMILES string of the molecule is CCNc1cc(C)nc(CN2C(=O)CCCCC2=O)n1. The molecule has 1 saturated heterocycles. The minimum atomic E-state index is -0.123. The van der Waals surface area contributed by atoms with Gasteiger partial charge in [-0.3, -0.25) is 14.5 Å². The zero-order valence-electron chi connectivity index (χ0n) is 12.0. The van der Waals surface area contributed by atoms with Crippen LogP contribution < -0.4 is 5.32 Å². The summed E-state index contributed by atoms with van der Waals surface area (Å²) in [6.07, 6.45) is 2.41. The van der Waals surface area contributed by atoms with Crippen molar-refractivity contribution in [2.75, 3.05) is 11.9 Å². The first kappa shape index (κ1) is 14.4. The number of carbonyl (C=O) groups excluding carboxylic acids is 2. The van der Waals surface area contributed by atoms with Gasteiger partial charge in [0.15, 0.2) is 5.82 Å². The molecule has 0 radical (unpaired) electrons. The van der Waals surface area contributed by atoms with E-state index in [0.29, 0.717) is 18.7 Å². The molecule has 0 atom stereocenters. The standard InChI is InChI=1S/C14H20N4O2/c1-3-15-11-8-10(2)16-12(17-11)9-18-13(19)6-4-5-7-14(18)20/h8H,3-7,9H2,1-2H3,(H,15,16,17). The van der Waals surface area contributed by atoms with Gasteiger partial charge < -0.3 is 5.32 Å². The highest BCUT2D eigenvalue weighted by Gasteiger charge is 2.25. The van der Waals surface area contributed by atoms with Crippen LogP contribution in [-0.2, 0) is 16.1 Å². The van der Waals surface area contributed by atoms with E-state index in [-0.39, 0.29) is 18.4 Å². The van der Waals surface area contributed by atoms with Crippen molar-refractivity contribution in [2.24, 2.45) is 0 Å². The maximum absolute atomic E-state index is 12.0. The Morgan fingerprint density at radius 2 is 1.85 bits per heavy atom. The normalized spacial score (nSPS) is 16.2. The number of aromatic nitrogens is 2. The number of amides is 2. The lowest BCUT2D eigenvalue weighted by atomic mass is 10.2. The summed E-state index contributed by atoms with van der Waals surface area (Å²) < 4.78 is 0. The fourth-order valence-corrected chi connectivity index (χ4v) is 2.25. The molecule has 6 heteroatoms. The van der Waals surface area contributed by atoms with Crippen molar-refractivity contribution in [3.8, 4) is 0 Å². The lowest BCUT2D eigenvalue weighted by Crippen LogP contribution is -2.35. The van der Waals surface area contributed by atoms with E-state index in [4.69, 9.17) is 0 Å². The number of imide groups is 1. The Morgan fingerprint density at radius 3 is 2.45 bits per heavy atom. The minimum absolute atomic E-state index is 0.123. The first-order valence-electron chi connectivity index (χ1n) is 7.01. The van der Waals surface area contributed by atoms with Gasteiger partial charge in [-0.05, 0) is 26.7 Å². The van der Waals surface area contributed by atoms with Crippen LogP contribution in [0.4, 0.5) is 5.82 Å². The summed E-state index contributed by atoms with van der Waals surface area (Å²) in [6.45, 7) is 4.78. The Labute approximate surface area is 118 Å². The van der Waals surface area contributed by atoms with Crippen molar-refractivity contribution in [3.05, 3.63) is 17.6 Å². The third kappa shape index (κ3) is 3.53. The molecule has 1 fully saturated rings. The topological polar surface area (TPSA) is 75.2 Å². The zero-order valence-corrected chi connectivity index (χ0v) is 12.0. The van der Waals surface area contributed by atoms with Crippen LogP contribution in [-0.4, -0.2) is 33.2 Å². The van der Waals surface area contributed by atoms with Crippen molar-refractivity contribution in [3.63, 3.8) is 0 Å². The van der Waals surface area contributed by atoms with Gasteiger partial charge in [0.05, 0.1) is 6.54 Å². The average Bonchev–Trinajstić information content (AvgIpc) is 2.54. The summed E-state index contributed by atoms with van der Waals surface area (Å²) in [4.78, 5) is 33.9. The second kappa shape index (κ2) is 6.45. The summed E-state index contributed by atoms with van der Waals surface area (Å²) in [7, 11) is 0. The molecule has 108 valence electrons. The van der Waals surface area contributed by atoms with Gasteiger partial charge in [0, 0.05) is 31.1 Å². The molecule has 1 N–H and O–H groups in total. The first-order valence-corrected chi connectivity index (χ1v) is 7.01. The van der Waals surface area contributed by atoms with E-state index in [1.165, 1.54) is 4.90 Å². The number of nitrogens with one attached hydrogen (secondary N) is 1. The van der Waals surface area contributed by atoms with E-state index < -0.39 is 0 Å². The zero-order chi connectivity index (χ0) is 14.5. The van der Waals surface area contributed by atoms with Crippen molar-refractivity contribution in [1.82, 2.24) is 14.9 Å². The average molecular weight is 276 g/mol. The van der Waals surface area contributed by atoms with Crippen LogP contribution in [0.5, 0.6) is 0 Å². The molecule has 1 aliphatic rings. The molecular weight excluding hydrogens is 256 g/mol. The van der Waals surface area contributed by atoms with Gasteiger partial charge in [-0.1, -0.05) is 0 Å². The molecule has 2 heterocycles. The quantitative estimate of drug-likeness (QED) is 0.846. The molecule has 2 rings (SSSR count). The number of hydrogen-bond acceptors (Lipinski definition) is 5. The molecule has 0 unspecified atom stereocenters. The Hall–Kier alpha value is -1.98. The van der Waals surface area contributed by atoms with E-state index >= 15 is 0 Å². The number of nitrogens with zero attached hydrogens (tertiary/aromatic N) is 3. The summed E-state index contributed by atoms with van der Waals surface area (Å²) in [6, 6.07) is 1.85. The van der Waals surface area contributed by atoms with Crippen LogP contribution in [0.1, 0.15) is 44.1 Å². The van der Waals surface area contributed by atoms with Crippen molar-refractivity contribution in [1.29, 1.82) is 0 Å². The second-order valence-corrected chi connectivity index (χ2v) is 4.92. The Balaban J connectivity index is 2.19. The molecule has 0 aliphatic carbocycles. The molecule has 0 bridgehead atoms. The van der Waals surface area contributed by atoms with Gasteiger partial charge in [0.2, 0.25) is 11.8 Å². The number of carbonyl (C=O) groups is 2. The van der Waals surface area contributed by atoms with Crippen LogP contribution in [0, 0.1) is 6.92 Å². The second-order valence-electron chi connectivity index (χ2n) is 4.92. The first-order chi connectivity index (χ1) is 9.60. The van der Waals surface area contributed by atoms with E-state index in [2.05, 4.69) is 15.3 Å². The smallest absolute Gasteiger partial charge is 0.229 e. The predicted molar refractivity (Wildman–Crippen MR) is 75.0 cm³/mol. The van der Waals surface area contributed by atoms with Crippen molar-refractivity contribution >= 4 is 17.6 Å². The van der Waals surface area contributed by atoms with E-state index in [1.54, 1.807) is 0 Å². The summed E-state index contributed by atoms with van der Waals surface area (Å²) >= 11 is 0. The molecule has 6 nitrogen and oxygen atoms in total. The highest BCUT2D eigenvalue weighted by Crippen LogP contribution is 2.15. The molecule has 0 saturated carbocycles. The van der Waals surface area contributed by atoms with Crippen LogP contribution >= 0.6 is 0 Å². The van der Waals surface area contributed by atoms with Gasteiger partial charge in [0.1, 0.15) is 5.82 Å². The van der Waals surface area contributed by atoms with Crippen molar-refractivity contribution < 1.29 is 9.59 Å². The highest BCUT2D eigenvalue weighted by atomic mass is 16.2. The third-order valence-electron chi connectivity index (χ3n) is 3.19. The Kier molecular flexibility index (Phi) is 4.65. The summed E-state index contributed by atoms with van der Waals surface area (Å²) in [5, 5.41) is 3.12. The minimum Gasteiger partial charge on any atom is -0.370 e. The molecule has 0 aromatic carbocycles. The number of aryl methyl sites for hydroxylation is 1. The van der Waals surface area contributed by atoms with E-state index in [0.717, 1.165) is 30.9 Å². The number of rotatable bonds is 4. The van der Waals surface area contributed by atoms with E-state index in [9.17, 15) is 9.59 Å². The molecule has 1 aromatic rings. The molecule has 0 spiro atoms. The molecule has 2 amide bonds.